The van der Waals surface area contributed by atoms with Gasteiger partial charge in [0.2, 0.25) is 0 Å². The summed E-state index contributed by atoms with van der Waals surface area (Å²) in [7, 11) is 0. The molecule has 1 aromatic carbocycles. The zero-order valence-electron chi connectivity index (χ0n) is 16.1. The van der Waals surface area contributed by atoms with Crippen LogP contribution >= 0.6 is 0 Å². The van der Waals surface area contributed by atoms with E-state index in [-0.39, 0.29) is 47.8 Å². The van der Waals surface area contributed by atoms with Gasteiger partial charge in [0.1, 0.15) is 0 Å². The maximum atomic E-state index is 12.5. The van der Waals surface area contributed by atoms with Crippen molar-refractivity contribution in [3.63, 3.8) is 0 Å². The number of ether oxygens (including phenoxy) is 1. The fourth-order valence-electron chi connectivity index (χ4n) is 3.91. The quantitative estimate of drug-likeness (QED) is 0.442. The van der Waals surface area contributed by atoms with Gasteiger partial charge in [0, 0.05) is 18.6 Å². The van der Waals surface area contributed by atoms with Gasteiger partial charge in [-0.2, -0.15) is 0 Å². The average molecular weight is 384 g/mol. The first kappa shape index (κ1) is 19.8. The van der Waals surface area contributed by atoms with Crippen molar-refractivity contribution in [1.82, 2.24) is 9.80 Å². The van der Waals surface area contributed by atoms with Crippen LogP contribution in [0, 0.1) is 0 Å². The van der Waals surface area contributed by atoms with Crippen molar-refractivity contribution >= 4 is 23.7 Å². The minimum atomic E-state index is -0.698. The molecule has 0 radical (unpaired) electrons. The molecule has 0 saturated carbocycles. The SMILES string of the molecule is C=CCN1C(=O)c2ccc(C(=O)OCC(=O)N3[C@H](C)CCC[C@@H]3C)cc2C1=O. The molecule has 2 aliphatic rings. The number of fused-ring (bicyclic) bond motifs is 1. The Hall–Kier alpha value is -2.96. The molecule has 1 fully saturated rings. The molecule has 7 nitrogen and oxygen atoms in total. The zero-order chi connectivity index (χ0) is 20.4. The Balaban J connectivity index is 1.68. The fraction of sp³-hybridized carbons (Fsp3) is 0.429. The minimum absolute atomic E-state index is 0.104. The Kier molecular flexibility index (Phi) is 5.63. The van der Waals surface area contributed by atoms with Crippen molar-refractivity contribution in [2.24, 2.45) is 0 Å². The summed E-state index contributed by atoms with van der Waals surface area (Å²) >= 11 is 0. The summed E-state index contributed by atoms with van der Waals surface area (Å²) in [5.74, 6) is -1.81. The molecule has 148 valence electrons. The predicted octanol–water partition coefficient (Wildman–Crippen LogP) is 2.41. The Morgan fingerprint density at radius 3 is 2.43 bits per heavy atom. The summed E-state index contributed by atoms with van der Waals surface area (Å²) in [5, 5.41) is 0. The van der Waals surface area contributed by atoms with E-state index in [2.05, 4.69) is 6.58 Å². The number of amides is 3. The van der Waals surface area contributed by atoms with Crippen LogP contribution in [0.25, 0.3) is 0 Å². The molecule has 0 N–H and O–H groups in total. The minimum Gasteiger partial charge on any atom is -0.452 e. The van der Waals surface area contributed by atoms with Gasteiger partial charge in [-0.25, -0.2) is 4.79 Å². The number of carbonyl (C=O) groups excluding carboxylic acids is 4. The van der Waals surface area contributed by atoms with Crippen LogP contribution < -0.4 is 0 Å². The van der Waals surface area contributed by atoms with E-state index < -0.39 is 17.8 Å². The molecular formula is C21H24N2O5. The van der Waals surface area contributed by atoms with Crippen LogP contribution in [0.1, 0.15) is 64.2 Å². The van der Waals surface area contributed by atoms with Gasteiger partial charge in [-0.05, 0) is 51.3 Å². The summed E-state index contributed by atoms with van der Waals surface area (Å²) in [6, 6.07) is 4.45. The number of carbonyl (C=O) groups is 4. The smallest absolute Gasteiger partial charge is 0.338 e. The van der Waals surface area contributed by atoms with Crippen LogP contribution in [0.5, 0.6) is 0 Å². The van der Waals surface area contributed by atoms with E-state index in [9.17, 15) is 19.2 Å². The van der Waals surface area contributed by atoms with Gasteiger partial charge < -0.3 is 9.64 Å². The van der Waals surface area contributed by atoms with E-state index in [0.717, 1.165) is 24.2 Å². The van der Waals surface area contributed by atoms with E-state index in [0.29, 0.717) is 0 Å². The lowest BCUT2D eigenvalue weighted by molar-refractivity contribution is -0.140. The lowest BCUT2D eigenvalue weighted by Gasteiger charge is -2.38. The van der Waals surface area contributed by atoms with Crippen molar-refractivity contribution in [2.45, 2.75) is 45.2 Å². The highest BCUT2D eigenvalue weighted by molar-refractivity contribution is 6.22. The molecule has 3 rings (SSSR count). The standard InChI is InChI=1S/C21H24N2O5/c1-4-10-22-19(25)16-9-8-15(11-17(16)20(22)26)21(27)28-12-18(24)23-13(2)6-5-7-14(23)3/h4,8-9,11,13-14H,1,5-7,10,12H2,2-3H3/t13-,14+. The lowest BCUT2D eigenvalue weighted by Crippen LogP contribution is -2.49. The fourth-order valence-corrected chi connectivity index (χ4v) is 3.91. The van der Waals surface area contributed by atoms with Gasteiger partial charge in [0.15, 0.2) is 6.61 Å². The molecule has 1 saturated heterocycles. The van der Waals surface area contributed by atoms with E-state index in [1.165, 1.54) is 24.3 Å². The third kappa shape index (κ3) is 3.56. The summed E-state index contributed by atoms with van der Waals surface area (Å²) in [6.45, 7) is 7.28. The largest absolute Gasteiger partial charge is 0.452 e. The Bertz CT molecular complexity index is 837. The molecular weight excluding hydrogens is 360 g/mol. The van der Waals surface area contributed by atoms with Crippen LogP contribution in [0.15, 0.2) is 30.9 Å². The number of likely N-dealkylation sites (tertiary alicyclic amines) is 1. The van der Waals surface area contributed by atoms with Crippen molar-refractivity contribution in [3.05, 3.63) is 47.5 Å². The molecule has 0 aliphatic carbocycles. The molecule has 2 aliphatic heterocycles. The van der Waals surface area contributed by atoms with Gasteiger partial charge in [0.05, 0.1) is 16.7 Å². The molecule has 3 amide bonds. The molecule has 0 spiro atoms. The maximum absolute atomic E-state index is 12.5. The molecule has 0 unspecified atom stereocenters. The predicted molar refractivity (Wildman–Crippen MR) is 102 cm³/mol. The highest BCUT2D eigenvalue weighted by Gasteiger charge is 2.35. The first-order chi connectivity index (χ1) is 13.3. The van der Waals surface area contributed by atoms with E-state index in [1.807, 2.05) is 13.8 Å². The van der Waals surface area contributed by atoms with Gasteiger partial charge in [-0.15, -0.1) is 6.58 Å². The van der Waals surface area contributed by atoms with Crippen molar-refractivity contribution in [1.29, 1.82) is 0 Å². The summed E-state index contributed by atoms with van der Waals surface area (Å²) in [4.78, 5) is 52.3. The first-order valence-electron chi connectivity index (χ1n) is 9.44. The lowest BCUT2D eigenvalue weighted by atomic mass is 9.97. The van der Waals surface area contributed by atoms with Crippen molar-refractivity contribution in [2.75, 3.05) is 13.2 Å². The second-order valence-electron chi connectivity index (χ2n) is 7.28. The van der Waals surface area contributed by atoms with E-state index >= 15 is 0 Å². The highest BCUT2D eigenvalue weighted by atomic mass is 16.5. The topological polar surface area (TPSA) is 84.0 Å². The monoisotopic (exact) mass is 384 g/mol. The number of esters is 1. The van der Waals surface area contributed by atoms with E-state index in [4.69, 9.17) is 4.74 Å². The second kappa shape index (κ2) is 7.96. The molecule has 28 heavy (non-hydrogen) atoms. The third-order valence-electron chi connectivity index (χ3n) is 5.33. The Morgan fingerprint density at radius 2 is 1.79 bits per heavy atom. The summed E-state index contributed by atoms with van der Waals surface area (Å²) in [6.07, 6.45) is 4.42. The number of nitrogens with zero attached hydrogens (tertiary/aromatic N) is 2. The first-order valence-corrected chi connectivity index (χ1v) is 9.44. The number of imide groups is 1. The van der Waals surface area contributed by atoms with Crippen LogP contribution in [0.2, 0.25) is 0 Å². The molecule has 0 aromatic heterocycles. The number of benzene rings is 1. The number of rotatable bonds is 5. The molecule has 2 heterocycles. The molecule has 7 heteroatoms. The average Bonchev–Trinajstić information content (AvgIpc) is 2.90. The summed E-state index contributed by atoms with van der Waals surface area (Å²) in [5.41, 5.74) is 0.536. The normalized spacial score (nSPS) is 21.5. The van der Waals surface area contributed by atoms with Gasteiger partial charge in [-0.3, -0.25) is 19.3 Å². The van der Waals surface area contributed by atoms with Crippen LogP contribution in [0.4, 0.5) is 0 Å². The summed E-state index contributed by atoms with van der Waals surface area (Å²) < 4.78 is 5.18. The maximum Gasteiger partial charge on any atom is 0.338 e. The third-order valence-corrected chi connectivity index (χ3v) is 5.33. The number of hydrogen-bond donors (Lipinski definition) is 0. The zero-order valence-corrected chi connectivity index (χ0v) is 16.1. The number of piperidine rings is 1. The molecule has 2 atom stereocenters. The van der Waals surface area contributed by atoms with E-state index in [1.54, 1.807) is 4.90 Å². The Morgan fingerprint density at radius 1 is 1.14 bits per heavy atom. The Labute approximate surface area is 163 Å². The van der Waals surface area contributed by atoms with Crippen LogP contribution in [-0.4, -0.2) is 58.7 Å². The number of hydrogen-bond acceptors (Lipinski definition) is 5. The van der Waals surface area contributed by atoms with Crippen molar-refractivity contribution < 1.29 is 23.9 Å². The van der Waals surface area contributed by atoms with Gasteiger partial charge in [-0.1, -0.05) is 6.08 Å². The van der Waals surface area contributed by atoms with Gasteiger partial charge in [0.25, 0.3) is 17.7 Å². The van der Waals surface area contributed by atoms with Gasteiger partial charge >= 0.3 is 5.97 Å². The molecule has 1 aromatic rings. The molecule has 0 bridgehead atoms. The second-order valence-corrected chi connectivity index (χ2v) is 7.28. The van der Waals surface area contributed by atoms with Crippen LogP contribution in [0.3, 0.4) is 0 Å². The van der Waals surface area contributed by atoms with Crippen LogP contribution in [-0.2, 0) is 9.53 Å². The van der Waals surface area contributed by atoms with Crippen molar-refractivity contribution in [3.8, 4) is 0 Å². The highest BCUT2D eigenvalue weighted by Crippen LogP contribution is 2.25.